The van der Waals surface area contributed by atoms with Crippen molar-refractivity contribution in [3.05, 3.63) is 34.4 Å². The first-order valence-electron chi connectivity index (χ1n) is 7.53. The third kappa shape index (κ3) is 3.66. The van der Waals surface area contributed by atoms with Gasteiger partial charge in [-0.1, -0.05) is 11.6 Å². The van der Waals surface area contributed by atoms with Crippen molar-refractivity contribution in [1.82, 2.24) is 14.2 Å². The summed E-state index contributed by atoms with van der Waals surface area (Å²) in [6.07, 6.45) is 5.30. The summed E-state index contributed by atoms with van der Waals surface area (Å²) in [5.74, 6) is -0.0916. The molecule has 0 aliphatic carbocycles. The molecular formula is C15H18ClN3O3S2. The normalized spacial score (nSPS) is 17.0. The Bertz CT molecular complexity index is 844. The number of aromatic nitrogens is 1. The Balaban J connectivity index is 1.79. The van der Waals surface area contributed by atoms with Crippen LogP contribution in [-0.4, -0.2) is 60.9 Å². The van der Waals surface area contributed by atoms with Gasteiger partial charge in [0.15, 0.2) is 0 Å². The number of thiophene rings is 1. The van der Waals surface area contributed by atoms with Crippen molar-refractivity contribution in [2.75, 3.05) is 32.4 Å². The molecule has 2 aromatic rings. The van der Waals surface area contributed by atoms with Crippen LogP contribution >= 0.6 is 22.9 Å². The van der Waals surface area contributed by atoms with Crippen LogP contribution < -0.4 is 0 Å². The van der Waals surface area contributed by atoms with E-state index in [9.17, 15) is 13.2 Å². The quantitative estimate of drug-likeness (QED) is 0.879. The Morgan fingerprint density at radius 3 is 2.67 bits per heavy atom. The largest absolute Gasteiger partial charge is 0.366 e. The van der Waals surface area contributed by atoms with E-state index >= 15 is 0 Å². The number of sulfonamides is 1. The van der Waals surface area contributed by atoms with Crippen LogP contribution in [0.4, 0.5) is 0 Å². The zero-order chi connectivity index (χ0) is 17.3. The Hall–Kier alpha value is -1.35. The molecule has 2 aromatic heterocycles. The number of hydrogen-bond acceptors (Lipinski definition) is 4. The molecule has 0 aromatic carbocycles. The number of nitrogens with zero attached hydrogens (tertiary/aromatic N) is 2. The maximum absolute atomic E-state index is 12.9. The molecule has 1 fully saturated rings. The number of nitrogens with one attached hydrogen (secondary N) is 1. The van der Waals surface area contributed by atoms with Crippen molar-refractivity contribution in [3.8, 4) is 10.4 Å². The molecule has 1 amide bonds. The number of halogens is 1. The van der Waals surface area contributed by atoms with E-state index in [0.717, 1.165) is 10.4 Å². The Morgan fingerprint density at radius 1 is 1.21 bits per heavy atom. The molecule has 1 aliphatic rings. The predicted octanol–water partition coefficient (Wildman–Crippen LogP) is 2.50. The van der Waals surface area contributed by atoms with Gasteiger partial charge in [-0.3, -0.25) is 4.79 Å². The highest BCUT2D eigenvalue weighted by Crippen LogP contribution is 2.33. The van der Waals surface area contributed by atoms with Gasteiger partial charge in [0.1, 0.15) is 0 Å². The van der Waals surface area contributed by atoms with Gasteiger partial charge in [0, 0.05) is 49.0 Å². The van der Waals surface area contributed by atoms with Crippen molar-refractivity contribution < 1.29 is 13.2 Å². The number of hydrogen-bond donors (Lipinski definition) is 1. The van der Waals surface area contributed by atoms with E-state index in [1.807, 2.05) is 6.07 Å². The van der Waals surface area contributed by atoms with Crippen molar-refractivity contribution in [1.29, 1.82) is 0 Å². The molecule has 0 spiro atoms. The van der Waals surface area contributed by atoms with E-state index < -0.39 is 10.0 Å². The van der Waals surface area contributed by atoms with Gasteiger partial charge in [-0.05, 0) is 18.6 Å². The molecule has 130 valence electrons. The van der Waals surface area contributed by atoms with Gasteiger partial charge >= 0.3 is 0 Å². The standard InChI is InChI=1S/C15H18ClN3O3S2/c1-24(21,22)19-6-2-5-18(7-8-19)15(20)12-10-17-9-11(12)13-3-4-14(16)23-13/h3-4,9-10,17H,2,5-8H2,1H3. The molecule has 9 heteroatoms. The fourth-order valence-electron chi connectivity index (χ4n) is 2.80. The van der Waals surface area contributed by atoms with Gasteiger partial charge in [0.2, 0.25) is 10.0 Å². The maximum atomic E-state index is 12.9. The summed E-state index contributed by atoms with van der Waals surface area (Å²) in [4.78, 5) is 18.5. The number of aromatic amines is 1. The smallest absolute Gasteiger partial charge is 0.256 e. The molecule has 0 saturated carbocycles. The first kappa shape index (κ1) is 17.5. The monoisotopic (exact) mass is 387 g/mol. The molecule has 0 bridgehead atoms. The average Bonchev–Trinajstić information content (AvgIpc) is 3.07. The summed E-state index contributed by atoms with van der Waals surface area (Å²) in [5.41, 5.74) is 1.41. The Kier molecular flexibility index (Phi) is 5.00. The van der Waals surface area contributed by atoms with Crippen LogP contribution in [0.3, 0.4) is 0 Å². The van der Waals surface area contributed by atoms with E-state index in [4.69, 9.17) is 11.6 Å². The van der Waals surface area contributed by atoms with Gasteiger partial charge in [0.05, 0.1) is 16.2 Å². The minimum atomic E-state index is -3.22. The minimum absolute atomic E-state index is 0.0916. The van der Waals surface area contributed by atoms with E-state index in [1.165, 1.54) is 21.9 Å². The van der Waals surface area contributed by atoms with Gasteiger partial charge in [-0.25, -0.2) is 12.7 Å². The molecule has 3 rings (SSSR count). The molecule has 0 radical (unpaired) electrons. The summed E-state index contributed by atoms with van der Waals surface area (Å²) in [6, 6.07) is 3.69. The number of H-pyrrole nitrogens is 1. The number of carbonyl (C=O) groups is 1. The second-order valence-electron chi connectivity index (χ2n) is 5.69. The van der Waals surface area contributed by atoms with E-state index in [-0.39, 0.29) is 5.91 Å². The summed E-state index contributed by atoms with van der Waals surface area (Å²) in [6.45, 7) is 1.71. The molecule has 6 nitrogen and oxygen atoms in total. The Labute approximate surface area is 150 Å². The predicted molar refractivity (Wildman–Crippen MR) is 96.1 cm³/mol. The molecule has 1 saturated heterocycles. The first-order valence-corrected chi connectivity index (χ1v) is 10.6. The molecular weight excluding hydrogens is 370 g/mol. The molecule has 3 heterocycles. The fourth-order valence-corrected chi connectivity index (χ4v) is 4.75. The van der Waals surface area contributed by atoms with Gasteiger partial charge in [0.25, 0.3) is 5.91 Å². The van der Waals surface area contributed by atoms with E-state index in [2.05, 4.69) is 4.98 Å². The lowest BCUT2D eigenvalue weighted by molar-refractivity contribution is 0.0765. The molecule has 0 unspecified atom stereocenters. The fraction of sp³-hybridized carbons (Fsp3) is 0.400. The number of amides is 1. The van der Waals surface area contributed by atoms with Crippen molar-refractivity contribution in [3.63, 3.8) is 0 Å². The minimum Gasteiger partial charge on any atom is -0.366 e. The zero-order valence-corrected chi connectivity index (χ0v) is 15.5. The van der Waals surface area contributed by atoms with Crippen LogP contribution in [0.1, 0.15) is 16.8 Å². The second-order valence-corrected chi connectivity index (χ2v) is 9.39. The van der Waals surface area contributed by atoms with Crippen LogP contribution in [0.2, 0.25) is 4.34 Å². The van der Waals surface area contributed by atoms with E-state index in [0.29, 0.717) is 42.5 Å². The Morgan fingerprint density at radius 2 is 2.00 bits per heavy atom. The second kappa shape index (κ2) is 6.87. The first-order chi connectivity index (χ1) is 11.4. The number of rotatable bonds is 3. The van der Waals surface area contributed by atoms with Crippen LogP contribution in [0.15, 0.2) is 24.5 Å². The van der Waals surface area contributed by atoms with Crippen LogP contribution in [0.25, 0.3) is 10.4 Å². The van der Waals surface area contributed by atoms with Crippen molar-refractivity contribution in [2.24, 2.45) is 0 Å². The van der Waals surface area contributed by atoms with Crippen LogP contribution in [0.5, 0.6) is 0 Å². The highest BCUT2D eigenvalue weighted by Gasteiger charge is 2.26. The lowest BCUT2D eigenvalue weighted by Gasteiger charge is -2.21. The average molecular weight is 388 g/mol. The van der Waals surface area contributed by atoms with Gasteiger partial charge < -0.3 is 9.88 Å². The van der Waals surface area contributed by atoms with Gasteiger partial charge in [-0.15, -0.1) is 11.3 Å². The lowest BCUT2D eigenvalue weighted by Crippen LogP contribution is -2.37. The third-order valence-electron chi connectivity index (χ3n) is 4.03. The zero-order valence-electron chi connectivity index (χ0n) is 13.2. The maximum Gasteiger partial charge on any atom is 0.256 e. The lowest BCUT2D eigenvalue weighted by atomic mass is 10.1. The molecule has 0 atom stereocenters. The van der Waals surface area contributed by atoms with Gasteiger partial charge in [-0.2, -0.15) is 0 Å². The van der Waals surface area contributed by atoms with E-state index in [1.54, 1.807) is 23.4 Å². The van der Waals surface area contributed by atoms with Crippen molar-refractivity contribution >= 4 is 38.9 Å². The molecule has 1 aliphatic heterocycles. The summed E-state index contributed by atoms with van der Waals surface area (Å²) in [7, 11) is -3.22. The third-order valence-corrected chi connectivity index (χ3v) is 6.59. The van der Waals surface area contributed by atoms with Crippen LogP contribution in [0, 0.1) is 0 Å². The van der Waals surface area contributed by atoms with Crippen LogP contribution in [-0.2, 0) is 10.0 Å². The molecule has 24 heavy (non-hydrogen) atoms. The summed E-state index contributed by atoms with van der Waals surface area (Å²) in [5, 5.41) is 0. The highest BCUT2D eigenvalue weighted by atomic mass is 35.5. The topological polar surface area (TPSA) is 73.5 Å². The summed E-state index contributed by atoms with van der Waals surface area (Å²) >= 11 is 7.41. The number of carbonyl (C=O) groups excluding carboxylic acids is 1. The molecule has 1 N–H and O–H groups in total. The SMILES string of the molecule is CS(=O)(=O)N1CCCN(C(=O)c2c[nH]cc2-c2ccc(Cl)s2)CC1. The van der Waals surface area contributed by atoms with Crippen molar-refractivity contribution in [2.45, 2.75) is 6.42 Å². The summed E-state index contributed by atoms with van der Waals surface area (Å²) < 4.78 is 25.5. The highest BCUT2D eigenvalue weighted by molar-refractivity contribution is 7.88.